The molecule has 1 spiro atoms. The Morgan fingerprint density at radius 1 is 1.31 bits per heavy atom. The summed E-state index contributed by atoms with van der Waals surface area (Å²) in [5, 5.41) is 0. The number of imidazole rings is 1. The molecule has 6 heteroatoms. The summed E-state index contributed by atoms with van der Waals surface area (Å²) in [5.74, 6) is 1.13. The Morgan fingerprint density at radius 2 is 2.23 bits per heavy atom. The highest BCUT2D eigenvalue weighted by Gasteiger charge is 2.44. The highest BCUT2D eigenvalue weighted by molar-refractivity contribution is 5.05. The molecular weight excluding hydrogens is 326 g/mol. The average molecular weight is 355 g/mol. The van der Waals surface area contributed by atoms with Gasteiger partial charge >= 0.3 is 0 Å². The molecule has 0 unspecified atom stereocenters. The smallest absolute Gasteiger partial charge is 0.122 e. The fourth-order valence-electron chi connectivity index (χ4n) is 4.34. The van der Waals surface area contributed by atoms with Gasteiger partial charge in [-0.1, -0.05) is 6.07 Å². The largest absolute Gasteiger partial charge is 0.372 e. The van der Waals surface area contributed by atoms with Crippen molar-refractivity contribution in [2.24, 2.45) is 7.05 Å². The van der Waals surface area contributed by atoms with Crippen molar-refractivity contribution >= 4 is 0 Å². The van der Waals surface area contributed by atoms with Gasteiger partial charge in [-0.25, -0.2) is 4.98 Å². The van der Waals surface area contributed by atoms with Crippen molar-refractivity contribution < 1.29 is 4.74 Å². The molecule has 0 N–H and O–H groups in total. The molecule has 0 amide bonds. The third-order valence-corrected chi connectivity index (χ3v) is 5.85. The molecule has 4 heterocycles. The second-order valence-corrected chi connectivity index (χ2v) is 7.86. The van der Waals surface area contributed by atoms with E-state index >= 15 is 0 Å². The number of aryl methyl sites for hydroxylation is 1. The number of hydrogen-bond donors (Lipinski definition) is 0. The van der Waals surface area contributed by atoms with Gasteiger partial charge in [0.25, 0.3) is 0 Å². The molecular formula is C20H29N5O. The molecule has 4 rings (SSSR count). The molecule has 0 aliphatic carbocycles. The van der Waals surface area contributed by atoms with Gasteiger partial charge in [0.2, 0.25) is 0 Å². The van der Waals surface area contributed by atoms with Crippen molar-refractivity contribution in [3.63, 3.8) is 0 Å². The number of ether oxygens (including phenoxy) is 1. The molecule has 2 aromatic heterocycles. The summed E-state index contributed by atoms with van der Waals surface area (Å²) < 4.78 is 8.51. The second kappa shape index (κ2) is 7.47. The summed E-state index contributed by atoms with van der Waals surface area (Å²) >= 11 is 0. The number of nitrogens with zero attached hydrogens (tertiary/aromatic N) is 5. The highest BCUT2D eigenvalue weighted by Crippen LogP contribution is 2.36. The van der Waals surface area contributed by atoms with E-state index in [0.29, 0.717) is 6.04 Å². The van der Waals surface area contributed by atoms with Crippen molar-refractivity contribution in [3.8, 4) is 0 Å². The summed E-state index contributed by atoms with van der Waals surface area (Å²) in [5.41, 5.74) is 1.13. The SMILES string of the molecule is CN(Cc1ccccn1)[C@@H]1CO[C@@]2(CCCN(Cc3nccn3C)C2)C1. The van der Waals surface area contributed by atoms with Crippen LogP contribution in [0.2, 0.25) is 0 Å². The first-order valence-corrected chi connectivity index (χ1v) is 9.56. The molecule has 2 aliphatic rings. The van der Waals surface area contributed by atoms with Crippen LogP contribution in [0.5, 0.6) is 0 Å². The van der Waals surface area contributed by atoms with Gasteiger partial charge in [0, 0.05) is 44.8 Å². The van der Waals surface area contributed by atoms with Gasteiger partial charge in [0.05, 0.1) is 24.4 Å². The Kier molecular flexibility index (Phi) is 5.07. The van der Waals surface area contributed by atoms with E-state index in [1.165, 1.54) is 6.42 Å². The molecule has 0 radical (unpaired) electrons. The maximum atomic E-state index is 6.40. The van der Waals surface area contributed by atoms with E-state index in [-0.39, 0.29) is 5.60 Å². The van der Waals surface area contributed by atoms with Crippen molar-refractivity contribution in [1.82, 2.24) is 24.3 Å². The fraction of sp³-hybridized carbons (Fsp3) is 0.600. The molecule has 2 atom stereocenters. The maximum absolute atomic E-state index is 6.40. The zero-order chi connectivity index (χ0) is 18.0. The van der Waals surface area contributed by atoms with Gasteiger partial charge in [-0.2, -0.15) is 0 Å². The number of aromatic nitrogens is 3. The summed E-state index contributed by atoms with van der Waals surface area (Å²) in [6.45, 7) is 4.74. The van der Waals surface area contributed by atoms with Crippen molar-refractivity contribution in [2.45, 2.75) is 44.0 Å². The molecule has 6 nitrogen and oxygen atoms in total. The van der Waals surface area contributed by atoms with Gasteiger partial charge in [-0.15, -0.1) is 0 Å². The van der Waals surface area contributed by atoms with Crippen LogP contribution in [0.3, 0.4) is 0 Å². The van der Waals surface area contributed by atoms with Crippen molar-refractivity contribution in [2.75, 3.05) is 26.7 Å². The zero-order valence-corrected chi connectivity index (χ0v) is 15.8. The summed E-state index contributed by atoms with van der Waals surface area (Å²) in [6, 6.07) is 6.58. The van der Waals surface area contributed by atoms with Crippen molar-refractivity contribution in [3.05, 3.63) is 48.3 Å². The molecule has 2 saturated heterocycles. The molecule has 2 fully saturated rings. The number of likely N-dealkylation sites (tertiary alicyclic amines) is 1. The minimum absolute atomic E-state index is 0.00641. The minimum atomic E-state index is 0.00641. The molecule has 0 bridgehead atoms. The Labute approximate surface area is 155 Å². The standard InChI is InChI=1S/C20H29N5O/c1-23-11-9-22-19(23)14-25-10-5-7-20(16-25)12-18(15-26-20)24(2)13-17-6-3-4-8-21-17/h3-4,6,8-9,11,18H,5,7,10,12-16H2,1-2H3/t18-,20-/m0/s1. The first-order chi connectivity index (χ1) is 12.6. The van der Waals surface area contributed by atoms with Crippen LogP contribution in [0.15, 0.2) is 36.8 Å². The first kappa shape index (κ1) is 17.6. The van der Waals surface area contributed by atoms with Crippen LogP contribution < -0.4 is 0 Å². The topological polar surface area (TPSA) is 46.4 Å². The van der Waals surface area contributed by atoms with E-state index in [4.69, 9.17) is 4.74 Å². The Bertz CT molecular complexity index is 718. The lowest BCUT2D eigenvalue weighted by atomic mass is 9.88. The molecule has 2 aromatic rings. The fourth-order valence-corrected chi connectivity index (χ4v) is 4.34. The lowest BCUT2D eigenvalue weighted by molar-refractivity contribution is -0.0543. The van der Waals surface area contributed by atoms with E-state index in [1.807, 2.05) is 24.7 Å². The Morgan fingerprint density at radius 3 is 3.00 bits per heavy atom. The highest BCUT2D eigenvalue weighted by atomic mass is 16.5. The number of pyridine rings is 1. The number of piperidine rings is 1. The number of rotatable bonds is 5. The third-order valence-electron chi connectivity index (χ3n) is 5.85. The lowest BCUT2D eigenvalue weighted by Crippen LogP contribution is -2.48. The minimum Gasteiger partial charge on any atom is -0.372 e. The molecule has 26 heavy (non-hydrogen) atoms. The quantitative estimate of drug-likeness (QED) is 0.822. The number of likely N-dealkylation sites (N-methyl/N-ethyl adjacent to an activating group) is 1. The van der Waals surface area contributed by atoms with Crippen LogP contribution in [0.1, 0.15) is 30.8 Å². The van der Waals surface area contributed by atoms with Crippen molar-refractivity contribution in [1.29, 1.82) is 0 Å². The third kappa shape index (κ3) is 3.82. The molecule has 0 saturated carbocycles. The molecule has 140 valence electrons. The van der Waals surface area contributed by atoms with Gasteiger partial charge in [-0.3, -0.25) is 14.8 Å². The lowest BCUT2D eigenvalue weighted by Gasteiger charge is -2.39. The Balaban J connectivity index is 1.36. The number of hydrogen-bond acceptors (Lipinski definition) is 5. The van der Waals surface area contributed by atoms with Crippen LogP contribution in [-0.4, -0.2) is 62.7 Å². The monoisotopic (exact) mass is 355 g/mol. The van der Waals surface area contributed by atoms with E-state index in [1.54, 1.807) is 0 Å². The molecule has 0 aromatic carbocycles. The second-order valence-electron chi connectivity index (χ2n) is 7.86. The van der Waals surface area contributed by atoms with E-state index < -0.39 is 0 Å². The average Bonchev–Trinajstić information content (AvgIpc) is 3.23. The molecule has 2 aliphatic heterocycles. The van der Waals surface area contributed by atoms with E-state index in [2.05, 4.69) is 50.6 Å². The van der Waals surface area contributed by atoms with Crippen LogP contribution in [0, 0.1) is 0 Å². The summed E-state index contributed by atoms with van der Waals surface area (Å²) in [4.78, 5) is 13.8. The van der Waals surface area contributed by atoms with E-state index in [9.17, 15) is 0 Å². The zero-order valence-electron chi connectivity index (χ0n) is 15.8. The van der Waals surface area contributed by atoms with Gasteiger partial charge < -0.3 is 9.30 Å². The van der Waals surface area contributed by atoms with Gasteiger partial charge in [-0.05, 0) is 45.0 Å². The summed E-state index contributed by atoms with van der Waals surface area (Å²) in [7, 11) is 4.26. The summed E-state index contributed by atoms with van der Waals surface area (Å²) in [6.07, 6.45) is 9.23. The maximum Gasteiger partial charge on any atom is 0.122 e. The van der Waals surface area contributed by atoms with Gasteiger partial charge in [0.15, 0.2) is 0 Å². The van der Waals surface area contributed by atoms with Crippen LogP contribution in [-0.2, 0) is 24.9 Å². The Hall–Kier alpha value is -1.76. The van der Waals surface area contributed by atoms with Crippen LogP contribution in [0.4, 0.5) is 0 Å². The van der Waals surface area contributed by atoms with Crippen LogP contribution in [0.25, 0.3) is 0 Å². The van der Waals surface area contributed by atoms with Crippen LogP contribution >= 0.6 is 0 Å². The predicted octanol–water partition coefficient (Wildman–Crippen LogP) is 2.07. The predicted molar refractivity (Wildman–Crippen MR) is 101 cm³/mol. The van der Waals surface area contributed by atoms with Gasteiger partial charge in [0.1, 0.15) is 5.82 Å². The van der Waals surface area contributed by atoms with E-state index in [0.717, 1.165) is 57.1 Å². The normalized spacial score (nSPS) is 26.8. The first-order valence-electron chi connectivity index (χ1n) is 9.56.